The number of hydrogen-bond acceptors (Lipinski definition) is 4. The van der Waals surface area contributed by atoms with Gasteiger partial charge in [0.2, 0.25) is 5.91 Å². The summed E-state index contributed by atoms with van der Waals surface area (Å²) in [5.41, 5.74) is 0. The molecule has 0 aliphatic carbocycles. The average molecular weight is 640 g/mol. The van der Waals surface area contributed by atoms with Gasteiger partial charge in [0.1, 0.15) is 6.10 Å². The molecule has 45 heavy (non-hydrogen) atoms. The van der Waals surface area contributed by atoms with Crippen LogP contribution in [0.1, 0.15) is 226 Å². The number of unbranched alkanes of at least 4 members (excludes halogenated alkanes) is 29. The van der Waals surface area contributed by atoms with Gasteiger partial charge in [-0.05, 0) is 12.8 Å². The Labute approximate surface area is 281 Å². The van der Waals surface area contributed by atoms with E-state index in [2.05, 4.69) is 19.2 Å². The minimum atomic E-state index is -1.13. The highest BCUT2D eigenvalue weighted by atomic mass is 16.3. The normalized spacial score (nSPS) is 13.6. The van der Waals surface area contributed by atoms with Crippen LogP contribution in [0.4, 0.5) is 0 Å². The van der Waals surface area contributed by atoms with Crippen molar-refractivity contribution in [2.75, 3.05) is 6.61 Å². The Balaban J connectivity index is 3.62. The van der Waals surface area contributed by atoms with Gasteiger partial charge in [-0.1, -0.05) is 206 Å². The summed E-state index contributed by atoms with van der Waals surface area (Å²) in [6.45, 7) is 4.18. The second-order valence-corrected chi connectivity index (χ2v) is 14.2. The molecule has 5 nitrogen and oxygen atoms in total. The van der Waals surface area contributed by atoms with Crippen LogP contribution in [0.2, 0.25) is 0 Å². The van der Waals surface area contributed by atoms with Crippen molar-refractivity contribution in [2.24, 2.45) is 0 Å². The van der Waals surface area contributed by atoms with Crippen LogP contribution in [0.25, 0.3) is 0 Å². The number of nitrogens with one attached hydrogen (secondary N) is 1. The topological polar surface area (TPSA) is 89.8 Å². The molecule has 0 fully saturated rings. The highest BCUT2D eigenvalue weighted by molar-refractivity contribution is 5.76. The molecule has 0 radical (unpaired) electrons. The number of hydrogen-bond donors (Lipinski definition) is 4. The first-order chi connectivity index (χ1) is 22.1. The van der Waals surface area contributed by atoms with Crippen molar-refractivity contribution in [3.05, 3.63) is 0 Å². The molecule has 0 aromatic carbocycles. The van der Waals surface area contributed by atoms with Crippen LogP contribution in [0.5, 0.6) is 0 Å². The van der Waals surface area contributed by atoms with Crippen molar-refractivity contribution in [1.29, 1.82) is 0 Å². The molecular weight excluding hydrogens is 558 g/mol. The van der Waals surface area contributed by atoms with Crippen molar-refractivity contribution in [1.82, 2.24) is 5.32 Å². The molecule has 0 saturated heterocycles. The molecule has 0 aromatic rings. The molecule has 0 rings (SSSR count). The van der Waals surface area contributed by atoms with E-state index >= 15 is 0 Å². The maximum Gasteiger partial charge on any atom is 0.220 e. The first-order valence-corrected chi connectivity index (χ1v) is 20.3. The van der Waals surface area contributed by atoms with Crippen LogP contribution in [-0.4, -0.2) is 46.1 Å². The van der Waals surface area contributed by atoms with Gasteiger partial charge in [0, 0.05) is 6.42 Å². The zero-order chi connectivity index (χ0) is 33.1. The van der Waals surface area contributed by atoms with E-state index < -0.39 is 18.2 Å². The van der Waals surface area contributed by atoms with Crippen molar-refractivity contribution < 1.29 is 20.1 Å². The van der Waals surface area contributed by atoms with Crippen LogP contribution in [0, 0.1) is 0 Å². The van der Waals surface area contributed by atoms with Crippen molar-refractivity contribution in [3.63, 3.8) is 0 Å². The van der Waals surface area contributed by atoms with Crippen molar-refractivity contribution in [3.8, 4) is 0 Å². The van der Waals surface area contributed by atoms with E-state index in [1.165, 1.54) is 167 Å². The third-order valence-electron chi connectivity index (χ3n) is 9.71. The Kier molecular flexibility index (Phi) is 35.7. The number of carbonyl (C=O) groups is 1. The summed E-state index contributed by atoms with van der Waals surface area (Å²) < 4.78 is 0. The first kappa shape index (κ1) is 44.4. The fourth-order valence-electron chi connectivity index (χ4n) is 6.52. The van der Waals surface area contributed by atoms with Crippen LogP contribution < -0.4 is 5.32 Å². The van der Waals surface area contributed by atoms with Gasteiger partial charge in [0.15, 0.2) is 0 Å². The van der Waals surface area contributed by atoms with E-state index in [1.54, 1.807) is 0 Å². The number of carbonyl (C=O) groups excluding carboxylic acids is 1. The second-order valence-electron chi connectivity index (χ2n) is 14.2. The molecule has 5 heteroatoms. The van der Waals surface area contributed by atoms with E-state index in [-0.39, 0.29) is 12.5 Å². The quantitative estimate of drug-likeness (QED) is 0.0509. The summed E-state index contributed by atoms with van der Waals surface area (Å²) in [5.74, 6) is -0.142. The second kappa shape index (κ2) is 36.2. The van der Waals surface area contributed by atoms with E-state index in [0.29, 0.717) is 12.8 Å². The van der Waals surface area contributed by atoms with Gasteiger partial charge in [0.05, 0.1) is 18.8 Å². The summed E-state index contributed by atoms with van der Waals surface area (Å²) in [4.78, 5) is 12.4. The molecule has 270 valence electrons. The summed E-state index contributed by atoms with van der Waals surface area (Å²) >= 11 is 0. The molecule has 0 aromatic heterocycles. The standard InChI is InChI=1S/C40H81NO4/c1-3-5-7-9-11-13-15-17-19-20-21-22-24-26-28-30-32-34-38(43)40(45)37(36-42)41-39(44)35-33-31-29-27-25-23-18-16-14-12-10-8-6-4-2/h37-38,40,42-43,45H,3-36H2,1-2H3,(H,41,44). The number of amides is 1. The Bertz CT molecular complexity index is 587. The molecule has 3 unspecified atom stereocenters. The number of rotatable bonds is 37. The summed E-state index contributed by atoms with van der Waals surface area (Å²) in [5, 5.41) is 33.5. The Morgan fingerprint density at radius 3 is 1.07 bits per heavy atom. The first-order valence-electron chi connectivity index (χ1n) is 20.3. The van der Waals surface area contributed by atoms with E-state index in [1.807, 2.05) is 0 Å². The van der Waals surface area contributed by atoms with Gasteiger partial charge in [-0.2, -0.15) is 0 Å². The predicted octanol–water partition coefficient (Wildman–Crippen LogP) is 11.1. The molecule has 0 bridgehead atoms. The van der Waals surface area contributed by atoms with E-state index in [0.717, 1.165) is 32.1 Å². The van der Waals surface area contributed by atoms with Gasteiger partial charge >= 0.3 is 0 Å². The molecule has 0 aliphatic heterocycles. The van der Waals surface area contributed by atoms with Gasteiger partial charge in [-0.25, -0.2) is 0 Å². The Morgan fingerprint density at radius 2 is 0.756 bits per heavy atom. The number of aliphatic hydroxyl groups is 3. The van der Waals surface area contributed by atoms with E-state index in [4.69, 9.17) is 0 Å². The minimum absolute atomic E-state index is 0.142. The molecule has 1 amide bonds. The summed E-state index contributed by atoms with van der Waals surface area (Å²) in [6.07, 6.45) is 39.1. The van der Waals surface area contributed by atoms with Crippen LogP contribution in [0.15, 0.2) is 0 Å². The zero-order valence-electron chi connectivity index (χ0n) is 30.5. The lowest BCUT2D eigenvalue weighted by molar-refractivity contribution is -0.124. The Hall–Kier alpha value is -0.650. The van der Waals surface area contributed by atoms with Crippen LogP contribution in [0.3, 0.4) is 0 Å². The fraction of sp³-hybridized carbons (Fsp3) is 0.975. The van der Waals surface area contributed by atoms with Gasteiger partial charge in [0.25, 0.3) is 0 Å². The lowest BCUT2D eigenvalue weighted by Gasteiger charge is -2.26. The van der Waals surface area contributed by atoms with Gasteiger partial charge < -0.3 is 20.6 Å². The molecule has 3 atom stereocenters. The van der Waals surface area contributed by atoms with Crippen LogP contribution >= 0.6 is 0 Å². The lowest BCUT2D eigenvalue weighted by atomic mass is 9.99. The van der Waals surface area contributed by atoms with Gasteiger partial charge in [-0.3, -0.25) is 4.79 Å². The predicted molar refractivity (Wildman–Crippen MR) is 195 cm³/mol. The molecule has 4 N–H and O–H groups in total. The maximum atomic E-state index is 12.4. The highest BCUT2D eigenvalue weighted by Gasteiger charge is 2.26. The molecule has 0 aliphatic rings. The molecule has 0 spiro atoms. The largest absolute Gasteiger partial charge is 0.394 e. The monoisotopic (exact) mass is 640 g/mol. The Morgan fingerprint density at radius 1 is 0.467 bits per heavy atom. The SMILES string of the molecule is CCCCCCCCCCCCCCCCCCCC(O)C(O)C(CO)NC(=O)CCCCCCCCCCCCCCCC. The van der Waals surface area contributed by atoms with Crippen LogP contribution in [-0.2, 0) is 4.79 Å². The highest BCUT2D eigenvalue weighted by Crippen LogP contribution is 2.17. The van der Waals surface area contributed by atoms with Crippen molar-refractivity contribution in [2.45, 2.75) is 244 Å². The minimum Gasteiger partial charge on any atom is -0.394 e. The maximum absolute atomic E-state index is 12.4. The summed E-state index contributed by atoms with van der Waals surface area (Å²) in [7, 11) is 0. The average Bonchev–Trinajstić information content (AvgIpc) is 3.04. The molecule has 0 saturated carbocycles. The third-order valence-corrected chi connectivity index (χ3v) is 9.71. The van der Waals surface area contributed by atoms with E-state index in [9.17, 15) is 20.1 Å². The molecule has 0 heterocycles. The third kappa shape index (κ3) is 31.7. The van der Waals surface area contributed by atoms with Gasteiger partial charge in [-0.15, -0.1) is 0 Å². The van der Waals surface area contributed by atoms with Crippen molar-refractivity contribution >= 4 is 5.91 Å². The smallest absolute Gasteiger partial charge is 0.220 e. The lowest BCUT2D eigenvalue weighted by Crippen LogP contribution is -2.50. The fourth-order valence-corrected chi connectivity index (χ4v) is 6.52. The number of aliphatic hydroxyl groups excluding tert-OH is 3. The zero-order valence-corrected chi connectivity index (χ0v) is 30.5. The molecular formula is C40H81NO4. The summed E-state index contributed by atoms with van der Waals surface area (Å²) in [6, 6.07) is -0.801.